The number of carbonyl (C=O) groups excluding carboxylic acids is 2. The molecule has 1 saturated carbocycles. The summed E-state index contributed by atoms with van der Waals surface area (Å²) in [4.78, 5) is 30.5. The Morgan fingerprint density at radius 3 is 2.79 bits per heavy atom. The summed E-state index contributed by atoms with van der Waals surface area (Å²) in [5, 5.41) is 6.38. The molecule has 0 radical (unpaired) electrons. The fraction of sp³-hybridized carbons (Fsp3) is 0.462. The van der Waals surface area contributed by atoms with Crippen LogP contribution in [0.1, 0.15) is 62.0 Å². The summed E-state index contributed by atoms with van der Waals surface area (Å²) in [5.74, 6) is 0.572. The van der Waals surface area contributed by atoms with E-state index in [9.17, 15) is 9.59 Å². The third-order valence-corrected chi connectivity index (χ3v) is 8.01. The highest BCUT2D eigenvalue weighted by atomic mass is 32.1. The van der Waals surface area contributed by atoms with E-state index >= 15 is 0 Å². The Morgan fingerprint density at radius 2 is 2.00 bits per heavy atom. The third kappa shape index (κ3) is 3.92. The number of hydrogen-bond acceptors (Lipinski definition) is 4. The number of nitrogens with zero attached hydrogens (tertiary/aromatic N) is 2. The van der Waals surface area contributed by atoms with Crippen molar-refractivity contribution in [2.45, 2.75) is 70.6 Å². The summed E-state index contributed by atoms with van der Waals surface area (Å²) < 4.78 is 7.86. The van der Waals surface area contributed by atoms with E-state index in [2.05, 4.69) is 5.32 Å². The van der Waals surface area contributed by atoms with E-state index in [4.69, 9.17) is 4.74 Å². The largest absolute Gasteiger partial charge is 0.494 e. The molecule has 33 heavy (non-hydrogen) atoms. The average Bonchev–Trinajstić information content (AvgIpc) is 3.41. The zero-order valence-electron chi connectivity index (χ0n) is 19.3. The minimum absolute atomic E-state index is 0.0688. The van der Waals surface area contributed by atoms with Crippen LogP contribution in [0.15, 0.2) is 41.8 Å². The highest BCUT2D eigenvalue weighted by Gasteiger charge is 2.48. The van der Waals surface area contributed by atoms with Crippen molar-refractivity contribution in [3.8, 4) is 5.75 Å². The third-order valence-electron chi connectivity index (χ3n) is 7.06. The van der Waals surface area contributed by atoms with Gasteiger partial charge in [-0.15, -0.1) is 11.3 Å². The zero-order chi connectivity index (χ0) is 23.0. The second-order valence-electron chi connectivity index (χ2n) is 9.31. The first kappa shape index (κ1) is 22.0. The highest BCUT2D eigenvalue weighted by Crippen LogP contribution is 2.36. The molecule has 2 aliphatic rings. The lowest BCUT2D eigenvalue weighted by Crippen LogP contribution is -2.64. The number of ether oxygens (including phenoxy) is 1. The van der Waals surface area contributed by atoms with Crippen LogP contribution in [0, 0.1) is 0 Å². The quantitative estimate of drug-likeness (QED) is 0.559. The highest BCUT2D eigenvalue weighted by molar-refractivity contribution is 7.16. The number of hydrogen-bond donors (Lipinski definition) is 1. The second-order valence-corrected chi connectivity index (χ2v) is 10.2. The number of carbonyl (C=O) groups is 2. The molecule has 1 aromatic carbocycles. The number of amides is 2. The van der Waals surface area contributed by atoms with Gasteiger partial charge < -0.3 is 19.5 Å². The summed E-state index contributed by atoms with van der Waals surface area (Å²) in [6, 6.07) is 11.9. The van der Waals surface area contributed by atoms with Gasteiger partial charge in [0.15, 0.2) is 0 Å². The SMILES string of the molecule is CCOc1ccccc1CN1C(=O)c2cc3ccsc3n2CC1(C)C(=O)NC1CCCCC1. The normalized spacial score (nSPS) is 21.3. The maximum absolute atomic E-state index is 13.9. The molecule has 1 unspecified atom stereocenters. The zero-order valence-corrected chi connectivity index (χ0v) is 20.1. The van der Waals surface area contributed by atoms with Gasteiger partial charge in [0, 0.05) is 17.0 Å². The predicted molar refractivity (Wildman–Crippen MR) is 131 cm³/mol. The fourth-order valence-corrected chi connectivity index (χ4v) is 6.09. The van der Waals surface area contributed by atoms with Crippen molar-refractivity contribution in [1.29, 1.82) is 0 Å². The van der Waals surface area contributed by atoms with E-state index in [0.717, 1.165) is 47.2 Å². The molecule has 7 heteroatoms. The Kier molecular flexibility index (Phi) is 5.91. The lowest BCUT2D eigenvalue weighted by Gasteiger charge is -2.45. The Morgan fingerprint density at radius 1 is 1.21 bits per heavy atom. The van der Waals surface area contributed by atoms with Crippen molar-refractivity contribution in [3.63, 3.8) is 0 Å². The Labute approximate surface area is 198 Å². The molecular weight excluding hydrogens is 434 g/mol. The monoisotopic (exact) mass is 465 g/mol. The molecule has 0 saturated heterocycles. The molecule has 1 aliphatic heterocycles. The Balaban J connectivity index is 1.54. The van der Waals surface area contributed by atoms with E-state index in [1.165, 1.54) is 6.42 Å². The summed E-state index contributed by atoms with van der Waals surface area (Å²) in [7, 11) is 0. The van der Waals surface area contributed by atoms with Gasteiger partial charge in [0.2, 0.25) is 5.91 Å². The van der Waals surface area contributed by atoms with Gasteiger partial charge in [-0.1, -0.05) is 37.5 Å². The number of rotatable bonds is 6. The van der Waals surface area contributed by atoms with E-state index in [1.54, 1.807) is 16.2 Å². The molecule has 1 N–H and O–H groups in total. The first-order valence-electron chi connectivity index (χ1n) is 11.9. The number of nitrogens with one attached hydrogen (secondary N) is 1. The van der Waals surface area contributed by atoms with Gasteiger partial charge in [-0.3, -0.25) is 9.59 Å². The number of benzene rings is 1. The first-order chi connectivity index (χ1) is 16.0. The molecule has 3 aromatic rings. The van der Waals surface area contributed by atoms with Gasteiger partial charge in [0.1, 0.15) is 21.8 Å². The lowest BCUT2D eigenvalue weighted by molar-refractivity contribution is -0.134. The molecule has 1 atom stereocenters. The summed E-state index contributed by atoms with van der Waals surface area (Å²) in [6.45, 7) is 5.16. The molecule has 2 aromatic heterocycles. The van der Waals surface area contributed by atoms with E-state index in [0.29, 0.717) is 25.4 Å². The summed E-state index contributed by atoms with van der Waals surface area (Å²) in [6.07, 6.45) is 5.53. The first-order valence-corrected chi connectivity index (χ1v) is 12.8. The molecule has 1 aliphatic carbocycles. The number of para-hydroxylation sites is 1. The summed E-state index contributed by atoms with van der Waals surface area (Å²) in [5.41, 5.74) is 0.552. The molecule has 1 fully saturated rings. The van der Waals surface area contributed by atoms with Crippen molar-refractivity contribution in [2.24, 2.45) is 0 Å². The van der Waals surface area contributed by atoms with Gasteiger partial charge in [0.05, 0.1) is 19.7 Å². The minimum atomic E-state index is -1.00. The van der Waals surface area contributed by atoms with Gasteiger partial charge in [-0.2, -0.15) is 0 Å². The van der Waals surface area contributed by atoms with Crippen LogP contribution in [0.5, 0.6) is 5.75 Å². The molecule has 2 amide bonds. The Bertz CT molecular complexity index is 1180. The van der Waals surface area contributed by atoms with Crippen LogP contribution >= 0.6 is 11.3 Å². The molecule has 0 spiro atoms. The number of fused-ring (bicyclic) bond motifs is 3. The van der Waals surface area contributed by atoms with Crippen LogP contribution in [0.3, 0.4) is 0 Å². The molecule has 174 valence electrons. The topological polar surface area (TPSA) is 63.6 Å². The van der Waals surface area contributed by atoms with Crippen LogP contribution < -0.4 is 10.1 Å². The predicted octanol–water partition coefficient (Wildman–Crippen LogP) is 4.97. The van der Waals surface area contributed by atoms with Gasteiger partial charge in [-0.25, -0.2) is 0 Å². The van der Waals surface area contributed by atoms with Gasteiger partial charge in [-0.05, 0) is 50.3 Å². The standard InChI is InChI=1S/C26H31N3O3S/c1-3-32-22-12-8-7-9-19(22)16-29-23(30)21-15-18-13-14-33-24(18)28(21)17-26(29,2)25(31)27-20-10-5-4-6-11-20/h7-9,12-15,20H,3-6,10-11,16-17H2,1-2H3,(H,27,31). The van der Waals surface area contributed by atoms with Crippen molar-refractivity contribution < 1.29 is 14.3 Å². The van der Waals surface area contributed by atoms with Crippen LogP contribution in [0.25, 0.3) is 10.2 Å². The molecule has 5 rings (SSSR count). The lowest BCUT2D eigenvalue weighted by atomic mass is 9.91. The molecule has 0 bridgehead atoms. The molecular formula is C26H31N3O3S. The number of thiophene rings is 1. The fourth-order valence-electron chi connectivity index (χ4n) is 5.19. The van der Waals surface area contributed by atoms with Gasteiger partial charge in [0.25, 0.3) is 5.91 Å². The maximum Gasteiger partial charge on any atom is 0.271 e. The average molecular weight is 466 g/mol. The van der Waals surface area contributed by atoms with Crippen LogP contribution in [0.4, 0.5) is 0 Å². The van der Waals surface area contributed by atoms with Gasteiger partial charge >= 0.3 is 0 Å². The van der Waals surface area contributed by atoms with E-state index in [-0.39, 0.29) is 17.9 Å². The minimum Gasteiger partial charge on any atom is -0.494 e. The smallest absolute Gasteiger partial charge is 0.271 e. The maximum atomic E-state index is 13.9. The van der Waals surface area contributed by atoms with Crippen molar-refractivity contribution in [3.05, 3.63) is 53.0 Å². The van der Waals surface area contributed by atoms with Crippen LogP contribution in [-0.4, -0.2) is 39.5 Å². The van der Waals surface area contributed by atoms with E-state index in [1.807, 2.05) is 60.2 Å². The van der Waals surface area contributed by atoms with Crippen molar-refractivity contribution in [1.82, 2.24) is 14.8 Å². The molecule has 3 heterocycles. The Hall–Kier alpha value is -2.80. The van der Waals surface area contributed by atoms with E-state index < -0.39 is 5.54 Å². The second kappa shape index (κ2) is 8.86. The summed E-state index contributed by atoms with van der Waals surface area (Å²) >= 11 is 1.61. The van der Waals surface area contributed by atoms with Crippen molar-refractivity contribution >= 4 is 33.4 Å². The van der Waals surface area contributed by atoms with Crippen LogP contribution in [0.2, 0.25) is 0 Å². The number of aromatic nitrogens is 1. The van der Waals surface area contributed by atoms with Crippen LogP contribution in [-0.2, 0) is 17.9 Å². The van der Waals surface area contributed by atoms with Crippen molar-refractivity contribution in [2.75, 3.05) is 6.61 Å². The molecule has 6 nitrogen and oxygen atoms in total.